The molecule has 0 aromatic carbocycles. The summed E-state index contributed by atoms with van der Waals surface area (Å²) in [5.74, 6) is 0. The van der Waals surface area contributed by atoms with Crippen LogP contribution in [0.15, 0.2) is 0 Å². The Labute approximate surface area is 102 Å². The molecule has 1 N–H and O–H groups in total. The van der Waals surface area contributed by atoms with Crippen LogP contribution in [0, 0.1) is 0 Å². The molecule has 0 bridgehead atoms. The number of nitrogens with zero attached hydrogens (tertiary/aromatic N) is 1. The fourth-order valence-electron chi connectivity index (χ4n) is 1.84. The number of hydrogen-bond donors (Lipinski definition) is 1. The van der Waals surface area contributed by atoms with E-state index in [-0.39, 0.29) is 0 Å². The largest absolute Gasteiger partial charge is 0.401 e. The van der Waals surface area contributed by atoms with E-state index >= 15 is 0 Å². The summed E-state index contributed by atoms with van der Waals surface area (Å²) in [4.78, 5) is 1.35. The summed E-state index contributed by atoms with van der Waals surface area (Å²) in [6.07, 6.45) is 2.68. The number of halogens is 3. The van der Waals surface area contributed by atoms with Crippen molar-refractivity contribution in [2.24, 2.45) is 0 Å². The van der Waals surface area contributed by atoms with Crippen LogP contribution in [0.3, 0.4) is 0 Å². The second-order valence-corrected chi connectivity index (χ2v) is 5.00. The quantitative estimate of drug-likeness (QED) is 0.635. The Bertz CT molecular complexity index is 202. The van der Waals surface area contributed by atoms with Gasteiger partial charge in [-0.05, 0) is 45.8 Å². The van der Waals surface area contributed by atoms with E-state index in [1.165, 1.54) is 24.8 Å². The van der Waals surface area contributed by atoms with Gasteiger partial charge in [0, 0.05) is 6.04 Å². The van der Waals surface area contributed by atoms with Crippen LogP contribution < -0.4 is 5.32 Å². The van der Waals surface area contributed by atoms with E-state index in [1.807, 2.05) is 0 Å². The fraction of sp³-hybridized carbons (Fsp3) is 1.00. The second kappa shape index (κ2) is 7.21. The maximum atomic E-state index is 12.0. The standard InChI is InChI=1S/C12H23F3N2/c1-17(10-12(13,14)15)9-5-3-2-4-8-16-11-6-7-11/h11,16H,2-10H2,1H3. The average molecular weight is 252 g/mol. The molecule has 0 amide bonds. The molecule has 0 aliphatic heterocycles. The highest BCUT2D eigenvalue weighted by molar-refractivity contribution is 4.80. The van der Waals surface area contributed by atoms with Crippen molar-refractivity contribution >= 4 is 0 Å². The first kappa shape index (κ1) is 14.8. The van der Waals surface area contributed by atoms with Crippen molar-refractivity contribution in [1.82, 2.24) is 10.2 Å². The zero-order chi connectivity index (χ0) is 12.7. The summed E-state index contributed by atoms with van der Waals surface area (Å²) in [6.45, 7) is 0.800. The molecule has 1 aliphatic rings. The van der Waals surface area contributed by atoms with Crippen LogP contribution >= 0.6 is 0 Å². The van der Waals surface area contributed by atoms with Crippen molar-refractivity contribution in [2.45, 2.75) is 50.7 Å². The summed E-state index contributed by atoms with van der Waals surface area (Å²) in [6, 6.07) is 0.757. The summed E-state index contributed by atoms with van der Waals surface area (Å²) in [5, 5.41) is 3.43. The molecule has 0 heterocycles. The first-order valence-corrected chi connectivity index (χ1v) is 6.46. The van der Waals surface area contributed by atoms with Crippen LogP contribution in [0.25, 0.3) is 0 Å². The molecular weight excluding hydrogens is 229 g/mol. The van der Waals surface area contributed by atoms with Gasteiger partial charge in [0.1, 0.15) is 0 Å². The number of rotatable bonds is 9. The Hall–Kier alpha value is -0.290. The van der Waals surface area contributed by atoms with Crippen molar-refractivity contribution in [3.05, 3.63) is 0 Å². The molecule has 0 saturated heterocycles. The highest BCUT2D eigenvalue weighted by atomic mass is 19.4. The molecule has 102 valence electrons. The molecule has 1 aliphatic carbocycles. The van der Waals surface area contributed by atoms with Crippen LogP contribution in [-0.2, 0) is 0 Å². The molecule has 0 aromatic heterocycles. The zero-order valence-electron chi connectivity index (χ0n) is 10.5. The van der Waals surface area contributed by atoms with Crippen LogP contribution in [-0.4, -0.2) is 43.8 Å². The van der Waals surface area contributed by atoms with Crippen molar-refractivity contribution in [2.75, 3.05) is 26.7 Å². The summed E-state index contributed by atoms with van der Waals surface area (Å²) in [5.41, 5.74) is 0. The molecule has 0 aromatic rings. The molecule has 1 fully saturated rings. The van der Waals surface area contributed by atoms with E-state index < -0.39 is 12.7 Å². The van der Waals surface area contributed by atoms with Crippen molar-refractivity contribution in [3.63, 3.8) is 0 Å². The Balaban J connectivity index is 1.82. The van der Waals surface area contributed by atoms with Crippen molar-refractivity contribution < 1.29 is 13.2 Å². The highest BCUT2D eigenvalue weighted by Crippen LogP contribution is 2.18. The lowest BCUT2D eigenvalue weighted by Crippen LogP contribution is -2.31. The van der Waals surface area contributed by atoms with Gasteiger partial charge in [0.15, 0.2) is 0 Å². The Morgan fingerprint density at radius 1 is 1.12 bits per heavy atom. The molecule has 1 saturated carbocycles. The van der Waals surface area contributed by atoms with Gasteiger partial charge in [0.2, 0.25) is 0 Å². The van der Waals surface area contributed by atoms with Crippen molar-refractivity contribution in [1.29, 1.82) is 0 Å². The third kappa shape index (κ3) is 9.41. The van der Waals surface area contributed by atoms with Gasteiger partial charge in [-0.15, -0.1) is 0 Å². The lowest BCUT2D eigenvalue weighted by atomic mass is 10.2. The first-order valence-electron chi connectivity index (χ1n) is 6.46. The van der Waals surface area contributed by atoms with E-state index in [0.717, 1.165) is 38.3 Å². The van der Waals surface area contributed by atoms with Gasteiger partial charge < -0.3 is 5.32 Å². The van der Waals surface area contributed by atoms with Crippen LogP contribution in [0.4, 0.5) is 13.2 Å². The van der Waals surface area contributed by atoms with Gasteiger partial charge in [-0.1, -0.05) is 12.8 Å². The zero-order valence-corrected chi connectivity index (χ0v) is 10.5. The van der Waals surface area contributed by atoms with E-state index in [0.29, 0.717) is 6.54 Å². The maximum Gasteiger partial charge on any atom is 0.401 e. The molecule has 1 rings (SSSR count). The molecule has 0 spiro atoms. The predicted molar refractivity (Wildman–Crippen MR) is 63.0 cm³/mol. The fourth-order valence-corrected chi connectivity index (χ4v) is 1.84. The van der Waals surface area contributed by atoms with Gasteiger partial charge >= 0.3 is 6.18 Å². The smallest absolute Gasteiger partial charge is 0.314 e. The van der Waals surface area contributed by atoms with E-state index in [9.17, 15) is 13.2 Å². The number of hydrogen-bond acceptors (Lipinski definition) is 2. The third-order valence-corrected chi connectivity index (χ3v) is 2.93. The van der Waals surface area contributed by atoms with Gasteiger partial charge in [0.25, 0.3) is 0 Å². The van der Waals surface area contributed by atoms with Gasteiger partial charge in [0.05, 0.1) is 6.54 Å². The van der Waals surface area contributed by atoms with Crippen molar-refractivity contribution in [3.8, 4) is 0 Å². The SMILES string of the molecule is CN(CCCCCCNC1CC1)CC(F)(F)F. The summed E-state index contributed by atoms with van der Waals surface area (Å²) in [7, 11) is 1.53. The van der Waals surface area contributed by atoms with Crippen LogP contribution in [0.5, 0.6) is 0 Å². The number of alkyl halides is 3. The van der Waals surface area contributed by atoms with Gasteiger partial charge in [-0.2, -0.15) is 13.2 Å². The minimum absolute atomic E-state index is 0.537. The highest BCUT2D eigenvalue weighted by Gasteiger charge is 2.28. The summed E-state index contributed by atoms with van der Waals surface area (Å²) < 4.78 is 36.0. The molecule has 0 radical (unpaired) electrons. The normalized spacial score (nSPS) is 16.8. The first-order chi connectivity index (χ1) is 7.97. The predicted octanol–water partition coefficient (Wildman–Crippen LogP) is 2.79. The molecule has 0 unspecified atom stereocenters. The third-order valence-electron chi connectivity index (χ3n) is 2.93. The second-order valence-electron chi connectivity index (χ2n) is 5.00. The van der Waals surface area contributed by atoms with E-state index in [1.54, 1.807) is 0 Å². The van der Waals surface area contributed by atoms with Gasteiger partial charge in [-0.25, -0.2) is 0 Å². The number of unbranched alkanes of at least 4 members (excludes halogenated alkanes) is 3. The topological polar surface area (TPSA) is 15.3 Å². The average Bonchev–Trinajstić information content (AvgIpc) is 2.97. The van der Waals surface area contributed by atoms with Crippen LogP contribution in [0.1, 0.15) is 38.5 Å². The van der Waals surface area contributed by atoms with E-state index in [4.69, 9.17) is 0 Å². The lowest BCUT2D eigenvalue weighted by molar-refractivity contribution is -0.143. The maximum absolute atomic E-state index is 12.0. The lowest BCUT2D eigenvalue weighted by Gasteiger charge is -2.18. The monoisotopic (exact) mass is 252 g/mol. The molecule has 5 heteroatoms. The Morgan fingerprint density at radius 3 is 2.35 bits per heavy atom. The number of nitrogens with one attached hydrogen (secondary N) is 1. The molecule has 17 heavy (non-hydrogen) atoms. The molecular formula is C12H23F3N2. The Kier molecular flexibility index (Phi) is 6.27. The molecule has 2 nitrogen and oxygen atoms in total. The van der Waals surface area contributed by atoms with Gasteiger partial charge in [-0.3, -0.25) is 4.90 Å². The minimum atomic E-state index is -4.07. The summed E-state index contributed by atoms with van der Waals surface area (Å²) >= 11 is 0. The van der Waals surface area contributed by atoms with Crippen LogP contribution in [0.2, 0.25) is 0 Å². The van der Waals surface area contributed by atoms with E-state index in [2.05, 4.69) is 5.32 Å². The minimum Gasteiger partial charge on any atom is -0.314 e. The molecule has 0 atom stereocenters. The Morgan fingerprint density at radius 2 is 1.76 bits per heavy atom.